The number of nitrogens with one attached hydrogen (secondary N) is 1. The van der Waals surface area contributed by atoms with Crippen LogP contribution in [0.15, 0.2) is 24.3 Å². The molecule has 3 nitrogen and oxygen atoms in total. The van der Waals surface area contributed by atoms with Crippen molar-refractivity contribution in [2.75, 3.05) is 27.9 Å². The maximum absolute atomic E-state index is 5.36. The summed E-state index contributed by atoms with van der Waals surface area (Å²) in [6.45, 7) is 0.824. The van der Waals surface area contributed by atoms with Gasteiger partial charge in [0, 0.05) is 19.8 Å². The first kappa shape index (κ1) is 14.0. The van der Waals surface area contributed by atoms with E-state index in [0.717, 1.165) is 31.6 Å². The Kier molecular flexibility index (Phi) is 6.67. The second-order valence-corrected chi connectivity index (χ2v) is 4.14. The van der Waals surface area contributed by atoms with Crippen LogP contribution in [-0.2, 0) is 11.2 Å². The number of likely N-dealkylation sites (N-methyl/N-ethyl adjacent to an activating group) is 1. The summed E-state index contributed by atoms with van der Waals surface area (Å²) >= 11 is 0. The Morgan fingerprint density at radius 2 is 2.00 bits per heavy atom. The van der Waals surface area contributed by atoms with E-state index in [1.165, 1.54) is 5.56 Å². The summed E-state index contributed by atoms with van der Waals surface area (Å²) in [7, 11) is 5.47. The van der Waals surface area contributed by atoms with E-state index in [9.17, 15) is 0 Å². The van der Waals surface area contributed by atoms with Crippen LogP contribution in [0, 0.1) is 0 Å². The highest BCUT2D eigenvalue weighted by molar-refractivity contribution is 5.33. The lowest BCUT2D eigenvalue weighted by molar-refractivity contribution is 0.189. The van der Waals surface area contributed by atoms with Gasteiger partial charge in [-0.2, -0.15) is 0 Å². The maximum atomic E-state index is 5.36. The molecule has 1 atom stereocenters. The van der Waals surface area contributed by atoms with Crippen molar-refractivity contribution in [2.45, 2.75) is 25.3 Å². The molecule has 1 N–H and O–H groups in total. The first-order chi connectivity index (χ1) is 8.31. The van der Waals surface area contributed by atoms with Gasteiger partial charge in [-0.1, -0.05) is 18.2 Å². The Bertz CT molecular complexity index is 315. The molecule has 0 saturated heterocycles. The molecule has 1 unspecified atom stereocenters. The number of benzene rings is 1. The fraction of sp³-hybridized carbons (Fsp3) is 0.571. The van der Waals surface area contributed by atoms with E-state index in [2.05, 4.69) is 17.4 Å². The minimum atomic E-state index is 0.474. The zero-order chi connectivity index (χ0) is 12.5. The second-order valence-electron chi connectivity index (χ2n) is 4.14. The number of rotatable bonds is 8. The quantitative estimate of drug-likeness (QED) is 0.703. The molecule has 0 bridgehead atoms. The number of hydrogen-bond acceptors (Lipinski definition) is 3. The lowest BCUT2D eigenvalue weighted by Crippen LogP contribution is -2.28. The van der Waals surface area contributed by atoms with Crippen LogP contribution in [0.4, 0.5) is 0 Å². The van der Waals surface area contributed by atoms with Crippen LogP contribution >= 0.6 is 0 Å². The number of ether oxygens (including phenoxy) is 2. The summed E-state index contributed by atoms with van der Waals surface area (Å²) in [5, 5.41) is 3.35. The van der Waals surface area contributed by atoms with Gasteiger partial charge in [0.25, 0.3) is 0 Å². The molecule has 0 heterocycles. The van der Waals surface area contributed by atoms with Gasteiger partial charge in [-0.15, -0.1) is 0 Å². The molecule has 0 saturated carbocycles. The fourth-order valence-electron chi connectivity index (χ4n) is 1.96. The van der Waals surface area contributed by atoms with Crippen LogP contribution in [0.5, 0.6) is 5.75 Å². The van der Waals surface area contributed by atoms with Gasteiger partial charge in [-0.3, -0.25) is 0 Å². The molecular formula is C14H23NO2. The number of para-hydroxylation sites is 1. The minimum absolute atomic E-state index is 0.474. The van der Waals surface area contributed by atoms with Crippen LogP contribution in [0.3, 0.4) is 0 Å². The van der Waals surface area contributed by atoms with Crippen molar-refractivity contribution in [1.82, 2.24) is 5.32 Å². The number of hydrogen-bond donors (Lipinski definition) is 1. The first-order valence-corrected chi connectivity index (χ1v) is 6.10. The highest BCUT2D eigenvalue weighted by Crippen LogP contribution is 2.19. The van der Waals surface area contributed by atoms with Gasteiger partial charge < -0.3 is 14.8 Å². The largest absolute Gasteiger partial charge is 0.496 e. The third-order valence-corrected chi connectivity index (χ3v) is 2.97. The Morgan fingerprint density at radius 3 is 2.65 bits per heavy atom. The third kappa shape index (κ3) is 4.75. The molecule has 3 heteroatoms. The SMILES string of the molecule is CNC(CCCOC)Cc1ccccc1OC. The fourth-order valence-corrected chi connectivity index (χ4v) is 1.96. The molecule has 0 amide bonds. The van der Waals surface area contributed by atoms with E-state index in [4.69, 9.17) is 9.47 Å². The first-order valence-electron chi connectivity index (χ1n) is 6.10. The van der Waals surface area contributed by atoms with Crippen LogP contribution in [0.1, 0.15) is 18.4 Å². The second kappa shape index (κ2) is 8.09. The summed E-state index contributed by atoms with van der Waals surface area (Å²) in [5.74, 6) is 0.972. The standard InChI is InChI=1S/C14H23NO2/c1-15-13(8-6-10-16-2)11-12-7-4-5-9-14(12)17-3/h4-5,7,9,13,15H,6,8,10-11H2,1-3H3. The third-order valence-electron chi connectivity index (χ3n) is 2.97. The van der Waals surface area contributed by atoms with Crippen LogP contribution in [0.2, 0.25) is 0 Å². The molecule has 0 aliphatic carbocycles. The lowest BCUT2D eigenvalue weighted by atomic mass is 10.0. The Hall–Kier alpha value is -1.06. The van der Waals surface area contributed by atoms with E-state index in [-0.39, 0.29) is 0 Å². The van der Waals surface area contributed by atoms with E-state index >= 15 is 0 Å². The van der Waals surface area contributed by atoms with Crippen molar-refractivity contribution < 1.29 is 9.47 Å². The van der Waals surface area contributed by atoms with Gasteiger partial charge in [-0.25, -0.2) is 0 Å². The maximum Gasteiger partial charge on any atom is 0.122 e. The van der Waals surface area contributed by atoms with Crippen molar-refractivity contribution >= 4 is 0 Å². The van der Waals surface area contributed by atoms with E-state index < -0.39 is 0 Å². The zero-order valence-corrected chi connectivity index (χ0v) is 11.0. The van der Waals surface area contributed by atoms with Crippen molar-refractivity contribution in [2.24, 2.45) is 0 Å². The van der Waals surface area contributed by atoms with Gasteiger partial charge in [0.15, 0.2) is 0 Å². The minimum Gasteiger partial charge on any atom is -0.496 e. The molecular weight excluding hydrogens is 214 g/mol. The van der Waals surface area contributed by atoms with E-state index in [1.807, 2.05) is 19.2 Å². The Labute approximate surface area is 104 Å². The van der Waals surface area contributed by atoms with Gasteiger partial charge in [0.05, 0.1) is 7.11 Å². The van der Waals surface area contributed by atoms with Crippen LogP contribution in [0.25, 0.3) is 0 Å². The Balaban J connectivity index is 2.54. The van der Waals surface area contributed by atoms with E-state index in [1.54, 1.807) is 14.2 Å². The summed E-state index contributed by atoms with van der Waals surface area (Å²) in [6, 6.07) is 8.67. The molecule has 0 radical (unpaired) electrons. The van der Waals surface area contributed by atoms with Crippen molar-refractivity contribution in [1.29, 1.82) is 0 Å². The average Bonchev–Trinajstić information content (AvgIpc) is 2.38. The summed E-state index contributed by atoms with van der Waals surface area (Å²) < 4.78 is 10.4. The topological polar surface area (TPSA) is 30.5 Å². The van der Waals surface area contributed by atoms with Gasteiger partial charge in [0.1, 0.15) is 5.75 Å². The smallest absolute Gasteiger partial charge is 0.122 e. The van der Waals surface area contributed by atoms with Crippen molar-refractivity contribution in [3.63, 3.8) is 0 Å². The molecule has 96 valence electrons. The molecule has 1 aromatic rings. The lowest BCUT2D eigenvalue weighted by Gasteiger charge is -2.17. The van der Waals surface area contributed by atoms with Gasteiger partial charge >= 0.3 is 0 Å². The summed E-state index contributed by atoms with van der Waals surface area (Å²) in [5.41, 5.74) is 1.26. The zero-order valence-electron chi connectivity index (χ0n) is 11.0. The van der Waals surface area contributed by atoms with Gasteiger partial charge in [0.2, 0.25) is 0 Å². The molecule has 0 aliphatic rings. The summed E-state index contributed by atoms with van der Waals surface area (Å²) in [6.07, 6.45) is 3.18. The van der Waals surface area contributed by atoms with Crippen LogP contribution < -0.4 is 10.1 Å². The highest BCUT2D eigenvalue weighted by atomic mass is 16.5. The predicted molar refractivity (Wildman–Crippen MR) is 70.7 cm³/mol. The molecule has 0 fully saturated rings. The molecule has 1 rings (SSSR count). The molecule has 17 heavy (non-hydrogen) atoms. The van der Waals surface area contributed by atoms with Crippen molar-refractivity contribution in [3.8, 4) is 5.75 Å². The normalized spacial score (nSPS) is 12.4. The number of methoxy groups -OCH3 is 2. The Morgan fingerprint density at radius 1 is 1.24 bits per heavy atom. The van der Waals surface area contributed by atoms with E-state index in [0.29, 0.717) is 6.04 Å². The average molecular weight is 237 g/mol. The van der Waals surface area contributed by atoms with Gasteiger partial charge in [-0.05, 0) is 37.9 Å². The highest BCUT2D eigenvalue weighted by Gasteiger charge is 2.10. The molecule has 0 aliphatic heterocycles. The molecule has 1 aromatic carbocycles. The van der Waals surface area contributed by atoms with Crippen LogP contribution in [-0.4, -0.2) is 33.9 Å². The molecule has 0 aromatic heterocycles. The monoisotopic (exact) mass is 237 g/mol. The molecule has 0 spiro atoms. The summed E-state index contributed by atoms with van der Waals surface area (Å²) in [4.78, 5) is 0. The predicted octanol–water partition coefficient (Wildman–Crippen LogP) is 2.25. The van der Waals surface area contributed by atoms with Crippen molar-refractivity contribution in [3.05, 3.63) is 29.8 Å².